The first kappa shape index (κ1) is 20.0. The lowest BCUT2D eigenvalue weighted by atomic mass is 10.2. The standard InChI is InChI=1S/C20H23N7O2/c1-13-9-10-21-20(22-13)29-12-19(28)26-16-7-5-15(6-8-16)25-17-11-18(27(3)4)24-14(2)23-17/h5-11H,12H2,1-4H3,(H,26,28)(H,23,24,25). The second-order valence-corrected chi connectivity index (χ2v) is 6.57. The highest BCUT2D eigenvalue weighted by atomic mass is 16.5. The van der Waals surface area contributed by atoms with Gasteiger partial charge in [0.25, 0.3) is 5.91 Å². The van der Waals surface area contributed by atoms with Crippen LogP contribution in [0, 0.1) is 13.8 Å². The van der Waals surface area contributed by atoms with Crippen LogP contribution in [-0.2, 0) is 4.79 Å². The maximum atomic E-state index is 12.1. The quantitative estimate of drug-likeness (QED) is 0.631. The molecule has 3 rings (SSSR count). The number of rotatable bonds is 7. The molecule has 0 fully saturated rings. The molecule has 0 aliphatic heterocycles. The van der Waals surface area contributed by atoms with Gasteiger partial charge in [-0.1, -0.05) is 0 Å². The molecule has 29 heavy (non-hydrogen) atoms. The van der Waals surface area contributed by atoms with Gasteiger partial charge in [0.1, 0.15) is 17.5 Å². The third-order valence-corrected chi connectivity index (χ3v) is 3.83. The number of hydrogen-bond acceptors (Lipinski definition) is 8. The van der Waals surface area contributed by atoms with E-state index in [-0.39, 0.29) is 18.5 Å². The van der Waals surface area contributed by atoms with Crippen LogP contribution < -0.4 is 20.3 Å². The monoisotopic (exact) mass is 393 g/mol. The molecular weight excluding hydrogens is 370 g/mol. The minimum absolute atomic E-state index is 0.170. The molecule has 0 atom stereocenters. The van der Waals surface area contributed by atoms with Gasteiger partial charge in [0, 0.05) is 43.4 Å². The summed E-state index contributed by atoms with van der Waals surface area (Å²) in [5.74, 6) is 1.91. The van der Waals surface area contributed by atoms with E-state index in [1.165, 1.54) is 0 Å². The lowest BCUT2D eigenvalue weighted by Gasteiger charge is -2.14. The Kier molecular flexibility index (Phi) is 6.18. The normalized spacial score (nSPS) is 10.3. The fourth-order valence-corrected chi connectivity index (χ4v) is 2.45. The summed E-state index contributed by atoms with van der Waals surface area (Å²) in [6.07, 6.45) is 1.59. The zero-order chi connectivity index (χ0) is 20.8. The number of nitrogens with zero attached hydrogens (tertiary/aromatic N) is 5. The molecule has 0 spiro atoms. The van der Waals surface area contributed by atoms with Crippen molar-refractivity contribution in [2.24, 2.45) is 0 Å². The molecule has 0 saturated carbocycles. The summed E-state index contributed by atoms with van der Waals surface area (Å²) in [5, 5.41) is 6.01. The molecule has 0 aliphatic rings. The molecule has 9 heteroatoms. The Morgan fingerprint density at radius 1 is 1.03 bits per heavy atom. The summed E-state index contributed by atoms with van der Waals surface area (Å²) >= 11 is 0. The zero-order valence-electron chi connectivity index (χ0n) is 16.8. The van der Waals surface area contributed by atoms with Crippen LogP contribution >= 0.6 is 0 Å². The summed E-state index contributed by atoms with van der Waals surface area (Å²) in [4.78, 5) is 30.8. The van der Waals surface area contributed by atoms with Crippen LogP contribution in [0.3, 0.4) is 0 Å². The maximum absolute atomic E-state index is 12.1. The number of aromatic nitrogens is 4. The number of nitrogens with one attached hydrogen (secondary N) is 2. The van der Waals surface area contributed by atoms with E-state index >= 15 is 0 Å². The second kappa shape index (κ2) is 8.96. The molecule has 2 heterocycles. The number of anilines is 4. The van der Waals surface area contributed by atoms with Crippen LogP contribution in [-0.4, -0.2) is 46.5 Å². The van der Waals surface area contributed by atoms with Gasteiger partial charge >= 0.3 is 6.01 Å². The van der Waals surface area contributed by atoms with Gasteiger partial charge in [0.05, 0.1) is 0 Å². The number of amides is 1. The molecule has 0 radical (unpaired) electrons. The summed E-state index contributed by atoms with van der Waals surface area (Å²) in [5.41, 5.74) is 2.27. The molecule has 150 valence electrons. The summed E-state index contributed by atoms with van der Waals surface area (Å²) in [6, 6.07) is 11.1. The van der Waals surface area contributed by atoms with E-state index in [4.69, 9.17) is 4.74 Å². The van der Waals surface area contributed by atoms with Crippen molar-refractivity contribution < 1.29 is 9.53 Å². The fourth-order valence-electron chi connectivity index (χ4n) is 2.45. The predicted octanol–water partition coefficient (Wildman–Crippen LogP) is 2.71. The van der Waals surface area contributed by atoms with Crippen molar-refractivity contribution in [3.05, 3.63) is 54.1 Å². The molecule has 9 nitrogen and oxygen atoms in total. The van der Waals surface area contributed by atoms with Crippen molar-refractivity contribution in [3.63, 3.8) is 0 Å². The van der Waals surface area contributed by atoms with Crippen molar-refractivity contribution in [2.45, 2.75) is 13.8 Å². The van der Waals surface area contributed by atoms with Gasteiger partial charge in [-0.15, -0.1) is 0 Å². The fraction of sp³-hybridized carbons (Fsp3) is 0.250. The Balaban J connectivity index is 1.56. The van der Waals surface area contributed by atoms with Gasteiger partial charge in [0.15, 0.2) is 6.61 Å². The summed E-state index contributed by atoms with van der Waals surface area (Å²) in [6.45, 7) is 3.51. The molecule has 1 amide bonds. The molecule has 1 aromatic carbocycles. The van der Waals surface area contributed by atoms with Crippen molar-refractivity contribution in [3.8, 4) is 6.01 Å². The first-order chi connectivity index (χ1) is 13.9. The smallest absolute Gasteiger partial charge is 0.317 e. The molecule has 2 aromatic heterocycles. The third-order valence-electron chi connectivity index (χ3n) is 3.83. The van der Waals surface area contributed by atoms with E-state index < -0.39 is 0 Å². The number of carbonyl (C=O) groups excluding carboxylic acids is 1. The molecule has 0 bridgehead atoms. The Morgan fingerprint density at radius 2 is 1.76 bits per heavy atom. The Bertz CT molecular complexity index is 990. The van der Waals surface area contributed by atoms with E-state index in [0.29, 0.717) is 17.3 Å². The van der Waals surface area contributed by atoms with Crippen molar-refractivity contribution in [1.82, 2.24) is 19.9 Å². The molecule has 0 aliphatic carbocycles. The minimum Gasteiger partial charge on any atom is -0.453 e. The first-order valence-corrected chi connectivity index (χ1v) is 9.01. The van der Waals surface area contributed by atoms with E-state index in [1.54, 1.807) is 24.4 Å². The van der Waals surface area contributed by atoms with Crippen LogP contribution in [0.1, 0.15) is 11.5 Å². The summed E-state index contributed by atoms with van der Waals surface area (Å²) < 4.78 is 5.30. The van der Waals surface area contributed by atoms with Gasteiger partial charge in [-0.05, 0) is 44.2 Å². The highest BCUT2D eigenvalue weighted by Gasteiger charge is 2.07. The van der Waals surface area contributed by atoms with Crippen molar-refractivity contribution in [1.29, 1.82) is 0 Å². The average molecular weight is 393 g/mol. The molecule has 0 saturated heterocycles. The lowest BCUT2D eigenvalue weighted by Crippen LogP contribution is -2.20. The molecule has 0 unspecified atom stereocenters. The minimum atomic E-state index is -0.294. The van der Waals surface area contributed by atoms with E-state index in [1.807, 2.05) is 51.0 Å². The van der Waals surface area contributed by atoms with Crippen LogP contribution in [0.5, 0.6) is 6.01 Å². The largest absolute Gasteiger partial charge is 0.453 e. The predicted molar refractivity (Wildman–Crippen MR) is 112 cm³/mol. The van der Waals surface area contributed by atoms with E-state index in [9.17, 15) is 4.79 Å². The van der Waals surface area contributed by atoms with Crippen molar-refractivity contribution in [2.75, 3.05) is 36.2 Å². The molecule has 2 N–H and O–H groups in total. The van der Waals surface area contributed by atoms with E-state index in [0.717, 1.165) is 17.2 Å². The third kappa shape index (κ3) is 5.86. The number of aryl methyl sites for hydroxylation is 2. The van der Waals surface area contributed by atoms with Gasteiger partial charge < -0.3 is 20.3 Å². The Labute approximate surface area is 169 Å². The second-order valence-electron chi connectivity index (χ2n) is 6.57. The average Bonchev–Trinajstić information content (AvgIpc) is 2.67. The van der Waals surface area contributed by atoms with Crippen LogP contribution in [0.25, 0.3) is 0 Å². The van der Waals surface area contributed by atoms with Gasteiger partial charge in [-0.3, -0.25) is 4.79 Å². The summed E-state index contributed by atoms with van der Waals surface area (Å²) in [7, 11) is 3.86. The number of ether oxygens (including phenoxy) is 1. The zero-order valence-corrected chi connectivity index (χ0v) is 16.8. The van der Waals surface area contributed by atoms with Crippen LogP contribution in [0.2, 0.25) is 0 Å². The number of hydrogen-bond donors (Lipinski definition) is 2. The molecular formula is C20H23N7O2. The lowest BCUT2D eigenvalue weighted by molar-refractivity contribution is -0.118. The van der Waals surface area contributed by atoms with Gasteiger partial charge in [-0.2, -0.15) is 0 Å². The highest BCUT2D eigenvalue weighted by molar-refractivity contribution is 5.92. The van der Waals surface area contributed by atoms with Crippen molar-refractivity contribution >= 4 is 28.9 Å². The highest BCUT2D eigenvalue weighted by Crippen LogP contribution is 2.20. The van der Waals surface area contributed by atoms with Crippen LogP contribution in [0.15, 0.2) is 42.6 Å². The molecule has 3 aromatic rings. The van der Waals surface area contributed by atoms with E-state index in [2.05, 4.69) is 30.6 Å². The van der Waals surface area contributed by atoms with Crippen LogP contribution in [0.4, 0.5) is 23.0 Å². The Hall–Kier alpha value is -3.75. The van der Waals surface area contributed by atoms with Gasteiger partial charge in [-0.25, -0.2) is 19.9 Å². The topological polar surface area (TPSA) is 105 Å². The Morgan fingerprint density at radius 3 is 2.45 bits per heavy atom. The SMILES string of the molecule is Cc1ccnc(OCC(=O)Nc2ccc(Nc3cc(N(C)C)nc(C)n3)cc2)n1. The number of benzene rings is 1. The van der Waals surface area contributed by atoms with Gasteiger partial charge in [0.2, 0.25) is 0 Å². The first-order valence-electron chi connectivity index (χ1n) is 9.01. The maximum Gasteiger partial charge on any atom is 0.317 e. The number of carbonyl (C=O) groups is 1.